The summed E-state index contributed by atoms with van der Waals surface area (Å²) in [5.41, 5.74) is -1.04. The van der Waals surface area contributed by atoms with Crippen LogP contribution in [0.25, 0.3) is 0 Å². The fraction of sp³-hybridized carbons (Fsp3) is 1.00. The number of hydrogen-bond acceptors (Lipinski definition) is 5. The quantitative estimate of drug-likeness (QED) is 0.380. The summed E-state index contributed by atoms with van der Waals surface area (Å²) in [5.74, 6) is -2.04. The van der Waals surface area contributed by atoms with E-state index in [1.807, 2.05) is 0 Å². The molecule has 0 amide bonds. The lowest BCUT2D eigenvalue weighted by Crippen LogP contribution is -2.46. The van der Waals surface area contributed by atoms with E-state index in [0.717, 1.165) is 0 Å². The van der Waals surface area contributed by atoms with Crippen LogP contribution in [-0.2, 0) is 4.74 Å². The Bertz CT molecular complexity index is 181. The third kappa shape index (κ3) is 1.23. The maximum absolute atomic E-state index is 9.39. The molecular weight excluding hydrogens is 164 g/mol. The number of aliphatic hydroxyl groups is 4. The average Bonchev–Trinajstić information content (AvgIpc) is 2.13. The zero-order valence-corrected chi connectivity index (χ0v) is 7.06. The minimum atomic E-state index is -2.04. The summed E-state index contributed by atoms with van der Waals surface area (Å²) in [5, 5.41) is 36.7. The van der Waals surface area contributed by atoms with E-state index in [4.69, 9.17) is 9.84 Å². The summed E-state index contributed by atoms with van der Waals surface area (Å²) in [4.78, 5) is 0. The molecular formula is C7H14O5. The van der Waals surface area contributed by atoms with Crippen molar-refractivity contribution in [1.29, 1.82) is 0 Å². The van der Waals surface area contributed by atoms with Gasteiger partial charge in [0.2, 0.25) is 5.79 Å². The van der Waals surface area contributed by atoms with Crippen molar-refractivity contribution in [1.82, 2.24) is 0 Å². The lowest BCUT2D eigenvalue weighted by atomic mass is 9.98. The second kappa shape index (κ2) is 2.65. The first-order valence-electron chi connectivity index (χ1n) is 3.73. The van der Waals surface area contributed by atoms with Gasteiger partial charge in [-0.1, -0.05) is 0 Å². The minimum Gasteiger partial charge on any atom is -0.391 e. The maximum Gasteiger partial charge on any atom is 0.219 e. The van der Waals surface area contributed by atoms with Crippen LogP contribution in [0.5, 0.6) is 0 Å². The Morgan fingerprint density at radius 2 is 1.75 bits per heavy atom. The number of ether oxygens (including phenoxy) is 1. The van der Waals surface area contributed by atoms with Crippen LogP contribution >= 0.6 is 0 Å². The summed E-state index contributed by atoms with van der Waals surface area (Å²) in [6, 6.07) is 0. The van der Waals surface area contributed by atoms with Gasteiger partial charge in [0.15, 0.2) is 0 Å². The maximum atomic E-state index is 9.39. The van der Waals surface area contributed by atoms with Crippen LogP contribution in [0.2, 0.25) is 0 Å². The second-order valence-corrected chi connectivity index (χ2v) is 3.60. The highest BCUT2D eigenvalue weighted by molar-refractivity contribution is 5.00. The second-order valence-electron chi connectivity index (χ2n) is 3.60. The number of aliphatic hydroxyl groups excluding tert-OH is 3. The van der Waals surface area contributed by atoms with E-state index < -0.39 is 30.2 Å². The molecule has 1 saturated heterocycles. The van der Waals surface area contributed by atoms with Gasteiger partial charge in [-0.2, -0.15) is 0 Å². The molecule has 0 aromatic heterocycles. The van der Waals surface area contributed by atoms with Crippen molar-refractivity contribution in [3.05, 3.63) is 0 Å². The Kier molecular flexibility index (Phi) is 2.18. The normalized spacial score (nSPS) is 46.5. The molecule has 12 heavy (non-hydrogen) atoms. The van der Waals surface area contributed by atoms with Gasteiger partial charge in [-0.25, -0.2) is 0 Å². The molecule has 0 spiro atoms. The summed E-state index contributed by atoms with van der Waals surface area (Å²) in [6.45, 7) is 2.30. The Hall–Kier alpha value is -0.200. The lowest BCUT2D eigenvalue weighted by molar-refractivity contribution is -0.259. The fourth-order valence-corrected chi connectivity index (χ4v) is 1.33. The molecule has 4 N–H and O–H groups in total. The first-order valence-corrected chi connectivity index (χ1v) is 3.73. The van der Waals surface area contributed by atoms with E-state index in [1.54, 1.807) is 0 Å². The van der Waals surface area contributed by atoms with E-state index in [9.17, 15) is 15.3 Å². The van der Waals surface area contributed by atoms with Crippen molar-refractivity contribution in [2.24, 2.45) is 0 Å². The smallest absolute Gasteiger partial charge is 0.219 e. The van der Waals surface area contributed by atoms with Crippen LogP contribution in [-0.4, -0.2) is 50.6 Å². The molecule has 5 heteroatoms. The van der Waals surface area contributed by atoms with Gasteiger partial charge in [-0.05, 0) is 13.8 Å². The topological polar surface area (TPSA) is 90.2 Å². The molecule has 1 aliphatic heterocycles. The van der Waals surface area contributed by atoms with Gasteiger partial charge in [-0.15, -0.1) is 0 Å². The third-order valence-electron chi connectivity index (χ3n) is 2.14. The Balaban J connectivity index is 2.88. The highest BCUT2D eigenvalue weighted by Gasteiger charge is 2.57. The van der Waals surface area contributed by atoms with Gasteiger partial charge in [0.1, 0.15) is 12.2 Å². The van der Waals surface area contributed by atoms with Crippen molar-refractivity contribution in [3.63, 3.8) is 0 Å². The first kappa shape index (κ1) is 9.88. The van der Waals surface area contributed by atoms with Crippen LogP contribution in [0.3, 0.4) is 0 Å². The molecule has 1 heterocycles. The van der Waals surface area contributed by atoms with Crippen molar-refractivity contribution in [2.75, 3.05) is 6.61 Å². The van der Waals surface area contributed by atoms with Crippen LogP contribution < -0.4 is 0 Å². The minimum absolute atomic E-state index is 0.741. The largest absolute Gasteiger partial charge is 0.391 e. The Labute approximate surface area is 70.2 Å². The molecule has 1 fully saturated rings. The molecule has 0 aromatic carbocycles. The molecule has 0 aromatic rings. The molecule has 0 bridgehead atoms. The molecule has 0 radical (unpaired) electrons. The SMILES string of the molecule is CC1(C)OC(O)(CO)C(O)C1O. The van der Waals surface area contributed by atoms with Crippen molar-refractivity contribution in [2.45, 2.75) is 37.4 Å². The average molecular weight is 178 g/mol. The van der Waals surface area contributed by atoms with Crippen LogP contribution in [0, 0.1) is 0 Å². The highest BCUT2D eigenvalue weighted by atomic mass is 16.7. The fourth-order valence-electron chi connectivity index (χ4n) is 1.33. The molecule has 5 nitrogen and oxygen atoms in total. The predicted octanol–water partition coefficient (Wildman–Crippen LogP) is -1.80. The Morgan fingerprint density at radius 3 is 1.92 bits per heavy atom. The predicted molar refractivity (Wildman–Crippen MR) is 39.2 cm³/mol. The van der Waals surface area contributed by atoms with Crippen molar-refractivity contribution >= 4 is 0 Å². The summed E-state index contributed by atoms with van der Waals surface area (Å²) in [6.07, 6.45) is -2.67. The first-order chi connectivity index (χ1) is 5.33. The molecule has 3 unspecified atom stereocenters. The number of rotatable bonds is 1. The molecule has 1 aliphatic rings. The van der Waals surface area contributed by atoms with Crippen molar-refractivity contribution in [3.8, 4) is 0 Å². The van der Waals surface area contributed by atoms with Gasteiger partial charge >= 0.3 is 0 Å². The lowest BCUT2D eigenvalue weighted by Gasteiger charge is -2.24. The van der Waals surface area contributed by atoms with Crippen LogP contribution in [0.1, 0.15) is 13.8 Å². The van der Waals surface area contributed by atoms with Crippen LogP contribution in [0.4, 0.5) is 0 Å². The molecule has 0 saturated carbocycles. The highest BCUT2D eigenvalue weighted by Crippen LogP contribution is 2.35. The van der Waals surface area contributed by atoms with Crippen LogP contribution in [0.15, 0.2) is 0 Å². The van der Waals surface area contributed by atoms with Gasteiger partial charge in [0.05, 0.1) is 12.2 Å². The molecule has 0 aliphatic carbocycles. The van der Waals surface area contributed by atoms with E-state index in [0.29, 0.717) is 0 Å². The molecule has 1 rings (SSSR count). The van der Waals surface area contributed by atoms with Gasteiger partial charge in [-0.3, -0.25) is 0 Å². The molecule has 72 valence electrons. The van der Waals surface area contributed by atoms with Gasteiger partial charge in [0, 0.05) is 0 Å². The van der Waals surface area contributed by atoms with E-state index >= 15 is 0 Å². The van der Waals surface area contributed by atoms with E-state index in [2.05, 4.69) is 0 Å². The molecule has 3 atom stereocenters. The summed E-state index contributed by atoms with van der Waals surface area (Å²) >= 11 is 0. The van der Waals surface area contributed by atoms with Crippen molar-refractivity contribution < 1.29 is 25.2 Å². The monoisotopic (exact) mass is 178 g/mol. The zero-order chi connectivity index (χ0) is 9.57. The van der Waals surface area contributed by atoms with Gasteiger partial charge in [0.25, 0.3) is 0 Å². The standard InChI is InChI=1S/C7H14O5/c1-6(2)4(9)5(10)7(11,3-8)12-6/h4-5,8-11H,3H2,1-2H3. The zero-order valence-electron chi connectivity index (χ0n) is 7.06. The summed E-state index contributed by atoms with van der Waals surface area (Å²) < 4.78 is 4.92. The summed E-state index contributed by atoms with van der Waals surface area (Å²) in [7, 11) is 0. The Morgan fingerprint density at radius 1 is 1.25 bits per heavy atom. The van der Waals surface area contributed by atoms with E-state index in [-0.39, 0.29) is 0 Å². The van der Waals surface area contributed by atoms with Gasteiger partial charge < -0.3 is 25.2 Å². The number of hydrogen-bond donors (Lipinski definition) is 4. The van der Waals surface area contributed by atoms with E-state index in [1.165, 1.54) is 13.8 Å². The third-order valence-corrected chi connectivity index (χ3v) is 2.14.